The van der Waals surface area contributed by atoms with Gasteiger partial charge >= 0.3 is 0 Å². The highest BCUT2D eigenvalue weighted by molar-refractivity contribution is 4.84. The molecule has 0 aliphatic heterocycles. The Labute approximate surface area is 113 Å². The molecule has 0 saturated heterocycles. The van der Waals surface area contributed by atoms with Crippen molar-refractivity contribution in [2.45, 2.75) is 38.6 Å². The Hall–Kier alpha value is -1.66. The Morgan fingerprint density at radius 1 is 1.16 bits per heavy atom. The maximum absolute atomic E-state index is 9.94. The Bertz CT molecular complexity index is 453. The highest BCUT2D eigenvalue weighted by Gasteiger charge is 2.15. The third-order valence-corrected chi connectivity index (χ3v) is 3.30. The molecule has 0 aromatic carbocycles. The predicted octanol–water partition coefficient (Wildman–Crippen LogP) is 0.680. The maximum Gasteiger partial charge on any atom is 0.0860 e. The smallest absolute Gasteiger partial charge is 0.0860 e. The molecule has 104 valence electrons. The average Bonchev–Trinajstić information content (AvgIpc) is 3.07. The van der Waals surface area contributed by atoms with Gasteiger partial charge in [-0.15, -0.1) is 0 Å². The van der Waals surface area contributed by atoms with Crippen LogP contribution < -0.4 is 5.32 Å². The van der Waals surface area contributed by atoms with Gasteiger partial charge in [-0.3, -0.25) is 9.36 Å². The van der Waals surface area contributed by atoms with Gasteiger partial charge in [0.2, 0.25) is 0 Å². The molecular formula is C13H21N5O. The summed E-state index contributed by atoms with van der Waals surface area (Å²) in [5.41, 5.74) is 0. The second-order valence-electron chi connectivity index (χ2n) is 4.81. The molecule has 2 rings (SSSR count). The Morgan fingerprint density at radius 3 is 2.53 bits per heavy atom. The van der Waals surface area contributed by atoms with Crippen molar-refractivity contribution in [2.24, 2.45) is 0 Å². The molecule has 0 bridgehead atoms. The summed E-state index contributed by atoms with van der Waals surface area (Å²) in [4.78, 5) is 0. The number of aliphatic hydroxyl groups excluding tert-OH is 1. The molecule has 2 aromatic rings. The minimum atomic E-state index is -0.452. The third-order valence-electron chi connectivity index (χ3n) is 3.30. The number of rotatable bonds is 7. The maximum atomic E-state index is 9.94. The zero-order valence-electron chi connectivity index (χ0n) is 11.3. The van der Waals surface area contributed by atoms with Crippen LogP contribution in [0.15, 0.2) is 36.9 Å². The van der Waals surface area contributed by atoms with Crippen molar-refractivity contribution in [3.05, 3.63) is 36.9 Å². The molecule has 19 heavy (non-hydrogen) atoms. The molecule has 3 atom stereocenters. The summed E-state index contributed by atoms with van der Waals surface area (Å²) in [6.07, 6.45) is 6.83. The lowest BCUT2D eigenvalue weighted by Crippen LogP contribution is -2.40. The van der Waals surface area contributed by atoms with E-state index in [0.29, 0.717) is 13.1 Å². The first-order valence-corrected chi connectivity index (χ1v) is 6.55. The highest BCUT2D eigenvalue weighted by atomic mass is 16.3. The summed E-state index contributed by atoms with van der Waals surface area (Å²) < 4.78 is 3.64. The van der Waals surface area contributed by atoms with E-state index >= 15 is 0 Å². The monoisotopic (exact) mass is 263 g/mol. The fourth-order valence-electron chi connectivity index (χ4n) is 1.93. The van der Waals surface area contributed by atoms with Crippen LogP contribution in [0.3, 0.4) is 0 Å². The average molecular weight is 263 g/mol. The van der Waals surface area contributed by atoms with Gasteiger partial charge in [-0.25, -0.2) is 0 Å². The van der Waals surface area contributed by atoms with Crippen LogP contribution in [0.1, 0.15) is 19.9 Å². The zero-order chi connectivity index (χ0) is 13.7. The molecule has 0 fully saturated rings. The standard InChI is InChI=1S/C13H21N5O/c1-11(12(2)18-8-4-6-16-18)14-9-13(19)10-17-7-3-5-15-17/h3-8,11-14,19H,9-10H2,1-2H3/t11-,12-,13+/m0/s1. The van der Waals surface area contributed by atoms with Crippen molar-refractivity contribution in [1.29, 1.82) is 0 Å². The van der Waals surface area contributed by atoms with Gasteiger partial charge in [-0.2, -0.15) is 10.2 Å². The molecule has 0 radical (unpaired) electrons. The van der Waals surface area contributed by atoms with E-state index in [1.54, 1.807) is 17.1 Å². The third kappa shape index (κ3) is 3.90. The van der Waals surface area contributed by atoms with Crippen molar-refractivity contribution < 1.29 is 5.11 Å². The van der Waals surface area contributed by atoms with Crippen LogP contribution in [0.2, 0.25) is 0 Å². The SMILES string of the molecule is C[C@H](NC[C@@H](O)Cn1cccn1)[C@H](C)n1cccn1. The lowest BCUT2D eigenvalue weighted by molar-refractivity contribution is 0.140. The van der Waals surface area contributed by atoms with Gasteiger partial charge in [0, 0.05) is 37.4 Å². The van der Waals surface area contributed by atoms with Gasteiger partial charge in [-0.05, 0) is 26.0 Å². The molecule has 2 heterocycles. The van der Waals surface area contributed by atoms with Crippen LogP contribution in [0.4, 0.5) is 0 Å². The molecule has 0 spiro atoms. The van der Waals surface area contributed by atoms with E-state index in [9.17, 15) is 5.11 Å². The first-order valence-electron chi connectivity index (χ1n) is 6.55. The summed E-state index contributed by atoms with van der Waals surface area (Å²) in [5, 5.41) is 21.6. The summed E-state index contributed by atoms with van der Waals surface area (Å²) in [7, 11) is 0. The molecular weight excluding hydrogens is 242 g/mol. The lowest BCUT2D eigenvalue weighted by atomic mass is 10.1. The molecule has 0 saturated carbocycles. The van der Waals surface area contributed by atoms with Crippen LogP contribution in [0, 0.1) is 0 Å². The predicted molar refractivity (Wildman–Crippen MR) is 72.6 cm³/mol. The molecule has 2 N–H and O–H groups in total. The summed E-state index contributed by atoms with van der Waals surface area (Å²) in [6.45, 7) is 5.23. The van der Waals surface area contributed by atoms with Crippen LogP contribution in [-0.2, 0) is 6.54 Å². The molecule has 0 aliphatic rings. The summed E-state index contributed by atoms with van der Waals surface area (Å²) in [5.74, 6) is 0. The summed E-state index contributed by atoms with van der Waals surface area (Å²) >= 11 is 0. The van der Waals surface area contributed by atoms with E-state index < -0.39 is 6.10 Å². The molecule has 6 nitrogen and oxygen atoms in total. The number of hydrogen-bond donors (Lipinski definition) is 2. The van der Waals surface area contributed by atoms with Gasteiger partial charge in [0.15, 0.2) is 0 Å². The topological polar surface area (TPSA) is 67.9 Å². The fourth-order valence-corrected chi connectivity index (χ4v) is 1.93. The van der Waals surface area contributed by atoms with Crippen molar-refractivity contribution in [3.63, 3.8) is 0 Å². The zero-order valence-corrected chi connectivity index (χ0v) is 11.3. The Morgan fingerprint density at radius 2 is 1.89 bits per heavy atom. The van der Waals surface area contributed by atoms with Gasteiger partial charge in [0.25, 0.3) is 0 Å². The fraction of sp³-hybridized carbons (Fsp3) is 0.538. The van der Waals surface area contributed by atoms with Crippen molar-refractivity contribution >= 4 is 0 Å². The lowest BCUT2D eigenvalue weighted by Gasteiger charge is -2.23. The summed E-state index contributed by atoms with van der Waals surface area (Å²) in [6, 6.07) is 4.23. The largest absolute Gasteiger partial charge is 0.390 e. The van der Waals surface area contributed by atoms with E-state index in [2.05, 4.69) is 29.4 Å². The van der Waals surface area contributed by atoms with Crippen molar-refractivity contribution in [3.8, 4) is 0 Å². The molecule has 6 heteroatoms. The minimum Gasteiger partial charge on any atom is -0.390 e. The molecule has 0 unspecified atom stereocenters. The van der Waals surface area contributed by atoms with Gasteiger partial charge in [-0.1, -0.05) is 0 Å². The van der Waals surface area contributed by atoms with Crippen LogP contribution >= 0.6 is 0 Å². The molecule has 0 amide bonds. The first-order chi connectivity index (χ1) is 9.16. The second-order valence-corrected chi connectivity index (χ2v) is 4.81. The van der Waals surface area contributed by atoms with Crippen molar-refractivity contribution in [2.75, 3.05) is 6.54 Å². The molecule has 2 aromatic heterocycles. The van der Waals surface area contributed by atoms with Gasteiger partial charge < -0.3 is 10.4 Å². The van der Waals surface area contributed by atoms with Crippen LogP contribution in [0.5, 0.6) is 0 Å². The van der Waals surface area contributed by atoms with Crippen molar-refractivity contribution in [1.82, 2.24) is 24.9 Å². The van der Waals surface area contributed by atoms with E-state index in [0.717, 1.165) is 0 Å². The number of aliphatic hydroxyl groups is 1. The van der Waals surface area contributed by atoms with Gasteiger partial charge in [0.05, 0.1) is 18.7 Å². The number of hydrogen-bond acceptors (Lipinski definition) is 4. The number of nitrogens with one attached hydrogen (secondary N) is 1. The van der Waals surface area contributed by atoms with E-state index in [4.69, 9.17) is 0 Å². The van der Waals surface area contributed by atoms with E-state index in [1.807, 2.05) is 29.2 Å². The Kier molecular flexibility index (Phi) is 4.70. The minimum absolute atomic E-state index is 0.229. The van der Waals surface area contributed by atoms with Crippen LogP contribution in [-0.4, -0.2) is 43.4 Å². The first kappa shape index (κ1) is 13.8. The second kappa shape index (κ2) is 6.49. The quantitative estimate of drug-likeness (QED) is 0.771. The van der Waals surface area contributed by atoms with E-state index in [-0.39, 0.29) is 12.1 Å². The van der Waals surface area contributed by atoms with E-state index in [1.165, 1.54) is 0 Å². The number of nitrogens with zero attached hydrogens (tertiary/aromatic N) is 4. The van der Waals surface area contributed by atoms with Crippen LogP contribution in [0.25, 0.3) is 0 Å². The highest BCUT2D eigenvalue weighted by Crippen LogP contribution is 2.08. The number of aromatic nitrogens is 4. The molecule has 0 aliphatic carbocycles. The normalized spacial score (nSPS) is 16.2. The Balaban J connectivity index is 1.75. The van der Waals surface area contributed by atoms with Gasteiger partial charge in [0.1, 0.15) is 0 Å².